The lowest BCUT2D eigenvalue weighted by molar-refractivity contribution is -0.143. The van der Waals surface area contributed by atoms with E-state index in [0.717, 1.165) is 14.3 Å². The van der Waals surface area contributed by atoms with Crippen LogP contribution in [0.5, 0.6) is 0 Å². The summed E-state index contributed by atoms with van der Waals surface area (Å²) >= 11 is 9.26. The summed E-state index contributed by atoms with van der Waals surface area (Å²) in [6, 6.07) is 4.46. The SMILES string of the molecule is CN1C(=O)C(=O)N(Cc2ccc(Br)cc2Cl)C1=O. The molecule has 0 unspecified atom stereocenters. The molecule has 2 rings (SSSR count). The zero-order chi connectivity index (χ0) is 13.4. The van der Waals surface area contributed by atoms with Crippen LogP contribution < -0.4 is 0 Å². The molecule has 1 saturated heterocycles. The monoisotopic (exact) mass is 330 g/mol. The Labute approximate surface area is 116 Å². The first-order valence-electron chi connectivity index (χ1n) is 4.99. The molecular weight excluding hydrogens is 323 g/mol. The summed E-state index contributed by atoms with van der Waals surface area (Å²) in [4.78, 5) is 36.2. The Kier molecular flexibility index (Phi) is 3.41. The van der Waals surface area contributed by atoms with E-state index >= 15 is 0 Å². The van der Waals surface area contributed by atoms with Crippen molar-refractivity contribution in [2.45, 2.75) is 6.54 Å². The Bertz CT molecular complexity index is 561. The van der Waals surface area contributed by atoms with Gasteiger partial charge in [0.15, 0.2) is 0 Å². The predicted octanol–water partition coefficient (Wildman–Crippen LogP) is 2.02. The van der Waals surface area contributed by atoms with Gasteiger partial charge in [-0.05, 0) is 17.7 Å². The average molecular weight is 332 g/mol. The largest absolute Gasteiger partial charge is 0.334 e. The fraction of sp³-hybridized carbons (Fsp3) is 0.182. The van der Waals surface area contributed by atoms with Crippen LogP contribution in [0.2, 0.25) is 5.02 Å². The molecule has 7 heteroatoms. The fourth-order valence-electron chi connectivity index (χ4n) is 1.57. The van der Waals surface area contributed by atoms with Crippen LogP contribution in [-0.4, -0.2) is 34.7 Å². The number of hydrogen-bond acceptors (Lipinski definition) is 3. The first kappa shape index (κ1) is 13.0. The van der Waals surface area contributed by atoms with Gasteiger partial charge in [-0.3, -0.25) is 19.4 Å². The lowest BCUT2D eigenvalue weighted by atomic mass is 10.2. The summed E-state index contributed by atoms with van der Waals surface area (Å²) < 4.78 is 0.795. The minimum Gasteiger partial charge on any atom is -0.263 e. The number of urea groups is 1. The van der Waals surface area contributed by atoms with Crippen LogP contribution in [-0.2, 0) is 16.1 Å². The lowest BCUT2D eigenvalue weighted by Gasteiger charge is -2.13. The molecule has 4 amide bonds. The maximum Gasteiger partial charge on any atom is 0.334 e. The highest BCUT2D eigenvalue weighted by atomic mass is 79.9. The van der Waals surface area contributed by atoms with Crippen molar-refractivity contribution in [3.05, 3.63) is 33.3 Å². The summed E-state index contributed by atoms with van der Waals surface area (Å²) in [6.07, 6.45) is 0. The Hall–Kier alpha value is -1.40. The van der Waals surface area contributed by atoms with Gasteiger partial charge >= 0.3 is 17.8 Å². The Morgan fingerprint density at radius 1 is 1.22 bits per heavy atom. The molecule has 18 heavy (non-hydrogen) atoms. The van der Waals surface area contributed by atoms with Crippen LogP contribution in [0.3, 0.4) is 0 Å². The number of imide groups is 2. The third kappa shape index (κ3) is 2.13. The van der Waals surface area contributed by atoms with Gasteiger partial charge in [0.25, 0.3) is 0 Å². The van der Waals surface area contributed by atoms with E-state index in [0.29, 0.717) is 10.6 Å². The van der Waals surface area contributed by atoms with E-state index in [1.165, 1.54) is 7.05 Å². The van der Waals surface area contributed by atoms with Crippen molar-refractivity contribution >= 4 is 45.4 Å². The van der Waals surface area contributed by atoms with Crippen LogP contribution in [0.1, 0.15) is 5.56 Å². The minimum atomic E-state index is -0.832. The standard InChI is InChI=1S/C11H8BrClN2O3/c1-14-9(16)10(17)15(11(14)18)5-6-2-3-7(12)4-8(6)13/h2-4H,5H2,1H3. The van der Waals surface area contributed by atoms with Crippen molar-refractivity contribution < 1.29 is 14.4 Å². The molecular formula is C11H8BrClN2O3. The summed E-state index contributed by atoms with van der Waals surface area (Å²) in [6.45, 7) is -0.0140. The third-order valence-electron chi connectivity index (χ3n) is 2.59. The fourth-order valence-corrected chi connectivity index (χ4v) is 2.31. The molecule has 0 N–H and O–H groups in total. The molecule has 5 nitrogen and oxygen atoms in total. The number of carbonyl (C=O) groups is 3. The lowest BCUT2D eigenvalue weighted by Crippen LogP contribution is -2.31. The Morgan fingerprint density at radius 3 is 2.39 bits per heavy atom. The summed E-state index contributed by atoms with van der Waals surface area (Å²) in [7, 11) is 1.27. The first-order valence-corrected chi connectivity index (χ1v) is 6.16. The second-order valence-corrected chi connectivity index (χ2v) is 5.10. The van der Waals surface area contributed by atoms with Crippen LogP contribution in [0.4, 0.5) is 4.79 Å². The number of halogens is 2. The van der Waals surface area contributed by atoms with Gasteiger partial charge in [0.1, 0.15) is 0 Å². The predicted molar refractivity (Wildman–Crippen MR) is 67.9 cm³/mol. The van der Waals surface area contributed by atoms with E-state index in [4.69, 9.17) is 11.6 Å². The zero-order valence-electron chi connectivity index (χ0n) is 9.31. The number of amides is 4. The molecule has 1 aromatic carbocycles. The van der Waals surface area contributed by atoms with Gasteiger partial charge in [0, 0.05) is 16.5 Å². The number of rotatable bonds is 2. The molecule has 0 saturated carbocycles. The van der Waals surface area contributed by atoms with Crippen molar-refractivity contribution in [3.63, 3.8) is 0 Å². The second-order valence-electron chi connectivity index (χ2n) is 3.77. The molecule has 94 valence electrons. The number of nitrogens with zero attached hydrogens (tertiary/aromatic N) is 2. The number of hydrogen-bond donors (Lipinski definition) is 0. The molecule has 1 aliphatic heterocycles. The van der Waals surface area contributed by atoms with Crippen LogP contribution >= 0.6 is 27.5 Å². The van der Waals surface area contributed by atoms with Crippen LogP contribution in [0, 0.1) is 0 Å². The maximum absolute atomic E-state index is 11.7. The van der Waals surface area contributed by atoms with E-state index in [1.807, 2.05) is 0 Å². The smallest absolute Gasteiger partial charge is 0.263 e. The van der Waals surface area contributed by atoms with Crippen molar-refractivity contribution in [1.82, 2.24) is 9.80 Å². The molecule has 0 atom stereocenters. The number of benzene rings is 1. The molecule has 0 radical (unpaired) electrons. The molecule has 0 aromatic heterocycles. The third-order valence-corrected chi connectivity index (χ3v) is 3.44. The zero-order valence-corrected chi connectivity index (χ0v) is 11.7. The average Bonchev–Trinajstić information content (AvgIpc) is 2.50. The van der Waals surface area contributed by atoms with Crippen molar-refractivity contribution in [2.75, 3.05) is 7.05 Å². The summed E-state index contributed by atoms with van der Waals surface area (Å²) in [5.41, 5.74) is 0.602. The van der Waals surface area contributed by atoms with Crippen LogP contribution in [0.25, 0.3) is 0 Å². The van der Waals surface area contributed by atoms with Gasteiger partial charge in [-0.25, -0.2) is 4.79 Å². The summed E-state index contributed by atoms with van der Waals surface area (Å²) in [5.74, 6) is -1.66. The highest BCUT2D eigenvalue weighted by molar-refractivity contribution is 9.10. The Morgan fingerprint density at radius 2 is 1.89 bits per heavy atom. The van der Waals surface area contributed by atoms with E-state index in [9.17, 15) is 14.4 Å². The van der Waals surface area contributed by atoms with E-state index in [2.05, 4.69) is 15.9 Å². The van der Waals surface area contributed by atoms with Gasteiger partial charge in [-0.15, -0.1) is 0 Å². The highest BCUT2D eigenvalue weighted by Gasteiger charge is 2.42. The molecule has 0 bridgehead atoms. The van der Waals surface area contributed by atoms with Gasteiger partial charge in [-0.2, -0.15) is 0 Å². The highest BCUT2D eigenvalue weighted by Crippen LogP contribution is 2.24. The second kappa shape index (κ2) is 4.70. The van der Waals surface area contributed by atoms with Gasteiger partial charge in [0.2, 0.25) is 0 Å². The van der Waals surface area contributed by atoms with Gasteiger partial charge < -0.3 is 0 Å². The molecule has 1 heterocycles. The Balaban J connectivity index is 2.27. The van der Waals surface area contributed by atoms with Gasteiger partial charge in [0.05, 0.1) is 6.54 Å². The molecule has 1 fully saturated rings. The summed E-state index contributed by atoms with van der Waals surface area (Å²) in [5, 5.41) is 0.423. The normalized spacial score (nSPS) is 15.8. The van der Waals surface area contributed by atoms with E-state index in [1.54, 1.807) is 18.2 Å². The van der Waals surface area contributed by atoms with Crippen molar-refractivity contribution in [2.24, 2.45) is 0 Å². The molecule has 0 spiro atoms. The van der Waals surface area contributed by atoms with Crippen molar-refractivity contribution in [3.8, 4) is 0 Å². The van der Waals surface area contributed by atoms with E-state index < -0.39 is 17.8 Å². The molecule has 1 aliphatic rings. The van der Waals surface area contributed by atoms with Gasteiger partial charge in [-0.1, -0.05) is 33.6 Å². The molecule has 1 aromatic rings. The quantitative estimate of drug-likeness (QED) is 0.615. The van der Waals surface area contributed by atoms with Crippen LogP contribution in [0.15, 0.2) is 22.7 Å². The number of carbonyl (C=O) groups excluding carboxylic acids is 3. The van der Waals surface area contributed by atoms with Crippen molar-refractivity contribution in [1.29, 1.82) is 0 Å². The van der Waals surface area contributed by atoms with E-state index in [-0.39, 0.29) is 6.54 Å². The molecule has 0 aliphatic carbocycles. The topological polar surface area (TPSA) is 57.7 Å². The first-order chi connectivity index (χ1) is 8.41. The number of likely N-dealkylation sites (N-methyl/N-ethyl adjacent to an activating group) is 1. The minimum absolute atomic E-state index is 0.0140. The maximum atomic E-state index is 11.7.